The zero-order valence-electron chi connectivity index (χ0n) is 27.0. The summed E-state index contributed by atoms with van der Waals surface area (Å²) in [4.78, 5) is 18.7. The molecule has 1 amide bonds. The third kappa shape index (κ3) is 6.54. The van der Waals surface area contributed by atoms with Crippen molar-refractivity contribution in [2.24, 2.45) is 0 Å². The van der Waals surface area contributed by atoms with Crippen molar-refractivity contribution in [3.8, 4) is 45.2 Å². The van der Waals surface area contributed by atoms with Crippen LogP contribution in [-0.4, -0.2) is 65.2 Å². The summed E-state index contributed by atoms with van der Waals surface area (Å²) in [6.45, 7) is 1.40. The second-order valence-electron chi connectivity index (χ2n) is 11.6. The molecule has 3 N–H and O–H groups in total. The zero-order valence-corrected chi connectivity index (χ0v) is 27.8. The fourth-order valence-corrected chi connectivity index (χ4v) is 6.57. The molecule has 0 atom stereocenters. The van der Waals surface area contributed by atoms with Gasteiger partial charge in [0.1, 0.15) is 17.2 Å². The molecule has 9 nitrogen and oxygen atoms in total. The number of allylic oxidation sites excluding steroid dienone is 1. The number of aliphatic hydroxyl groups is 1. The molecule has 4 aromatic rings. The lowest BCUT2D eigenvalue weighted by Gasteiger charge is -2.23. The number of ether oxygens (including phenoxy) is 2. The molecule has 1 saturated heterocycles. The van der Waals surface area contributed by atoms with Crippen LogP contribution < -0.4 is 14.8 Å². The number of nitrogens with one attached hydrogen (secondary N) is 2. The number of hydrogen-bond acceptors (Lipinski definition) is 9. The average Bonchev–Trinajstić information content (AvgIpc) is 3.83. The van der Waals surface area contributed by atoms with E-state index in [1.807, 2.05) is 0 Å². The molecule has 0 saturated carbocycles. The van der Waals surface area contributed by atoms with Gasteiger partial charge in [-0.15, -0.1) is 20.5 Å². The Morgan fingerprint density at radius 1 is 1.08 bits per heavy atom. The van der Waals surface area contributed by atoms with Crippen molar-refractivity contribution in [3.63, 3.8) is 0 Å². The number of rotatable bonds is 10. The Labute approximate surface area is 287 Å². The number of carbonyl (C=O) groups is 1. The first-order valence-electron chi connectivity index (χ1n) is 15.4. The molecule has 0 aliphatic carbocycles. The molecule has 3 aromatic carbocycles. The van der Waals surface area contributed by atoms with Crippen LogP contribution in [0.3, 0.4) is 0 Å². The number of thioether (sulfide) groups is 1. The van der Waals surface area contributed by atoms with Gasteiger partial charge in [-0.05, 0) is 72.7 Å². The highest BCUT2D eigenvalue weighted by molar-refractivity contribution is 7.98. The van der Waals surface area contributed by atoms with Crippen LogP contribution in [0.15, 0.2) is 63.9 Å². The lowest BCUT2D eigenvalue weighted by molar-refractivity contribution is -0.286. The first-order valence-corrected chi connectivity index (χ1v) is 16.6. The molecule has 3 heterocycles. The first-order chi connectivity index (χ1) is 23.8. The fraction of sp³-hybridized carbons (Fsp3) is 0.286. The number of nitrogens with zero attached hydrogens (tertiary/aromatic N) is 2. The fourth-order valence-electron chi connectivity index (χ4n) is 5.92. The number of aromatic nitrogens is 1. The molecular formula is C35H31F5N4O5S. The number of fused-ring (bicyclic) bond motifs is 1. The zero-order chi connectivity index (χ0) is 36.0. The number of aliphatic hydroxyl groups excluding tert-OH is 1. The lowest BCUT2D eigenvalue weighted by atomic mass is 9.93. The van der Waals surface area contributed by atoms with Crippen molar-refractivity contribution in [2.45, 2.75) is 43.5 Å². The third-order valence-electron chi connectivity index (χ3n) is 8.39. The minimum Gasteiger partial charge on any atom is -0.440 e. The number of oxazole rings is 1. The van der Waals surface area contributed by atoms with Gasteiger partial charge in [0.25, 0.3) is 5.91 Å². The van der Waals surface area contributed by atoms with Crippen LogP contribution >= 0.6 is 11.8 Å². The van der Waals surface area contributed by atoms with Gasteiger partial charge in [-0.2, -0.15) is 8.78 Å². The molecule has 1 fully saturated rings. The molecule has 0 spiro atoms. The van der Waals surface area contributed by atoms with Gasteiger partial charge in [-0.25, -0.2) is 9.37 Å². The smallest absolute Gasteiger partial charge is 0.440 e. The Morgan fingerprint density at radius 2 is 1.78 bits per heavy atom. The molecular weight excluding hydrogens is 683 g/mol. The monoisotopic (exact) mass is 714 g/mol. The van der Waals surface area contributed by atoms with E-state index < -0.39 is 36.3 Å². The summed E-state index contributed by atoms with van der Waals surface area (Å²) in [6.07, 6.45) is -0.0764. The Hall–Kier alpha value is -4.89. The van der Waals surface area contributed by atoms with E-state index in [0.29, 0.717) is 34.4 Å². The van der Waals surface area contributed by atoms with Gasteiger partial charge in [0.15, 0.2) is 23.1 Å². The van der Waals surface area contributed by atoms with E-state index in [4.69, 9.17) is 9.83 Å². The van der Waals surface area contributed by atoms with E-state index in [1.54, 1.807) is 37.4 Å². The predicted molar refractivity (Wildman–Crippen MR) is 177 cm³/mol. The minimum absolute atomic E-state index is 0.0161. The summed E-state index contributed by atoms with van der Waals surface area (Å²) in [5, 5.41) is 20.9. The van der Waals surface area contributed by atoms with Crippen LogP contribution in [0, 0.1) is 18.2 Å². The standard InChI is InChI=1S/C35H31F5N4O5S/c1-18-43-31(20-7-9-27-28(14-20)49-35(39,40)48-27)32(47-18)23-12-19(21-13-25(36)24(17-45)29(15-21)50-3)6-8-22(23)26(42-2)16-30(41)34(37,38)33(46)44-10-4-5-11-44/h6-9,12-16,41-42,45H,4-5,10-11,17H2,1-3H3/b26-16-,41-30?. The van der Waals surface area contributed by atoms with Crippen molar-refractivity contribution in [1.29, 1.82) is 5.41 Å². The van der Waals surface area contributed by atoms with Gasteiger partial charge >= 0.3 is 12.2 Å². The number of benzene rings is 3. The van der Waals surface area contributed by atoms with E-state index in [2.05, 4.69) is 19.8 Å². The number of carbonyl (C=O) groups excluding carboxylic acids is 1. The lowest BCUT2D eigenvalue weighted by Crippen LogP contribution is -2.46. The molecule has 15 heteroatoms. The molecule has 2 aliphatic rings. The van der Waals surface area contributed by atoms with Crippen LogP contribution in [0.5, 0.6) is 11.5 Å². The Kier molecular flexibility index (Phi) is 9.39. The van der Waals surface area contributed by atoms with E-state index in [9.17, 15) is 18.7 Å². The number of halogens is 5. The number of aryl methyl sites for hydroxylation is 1. The molecule has 262 valence electrons. The minimum atomic E-state index is -4.12. The SMILES string of the molecule is CN/C(=C\C(=N)C(F)(F)C(=O)N1CCCC1)c1ccc(-c2cc(F)c(CO)c(SC)c2)cc1-c1oc(C)nc1-c1ccc2c(c1)OC(F)(F)O2. The highest BCUT2D eigenvalue weighted by Gasteiger charge is 2.46. The van der Waals surface area contributed by atoms with E-state index >= 15 is 13.2 Å². The van der Waals surface area contributed by atoms with Gasteiger partial charge in [-0.1, -0.05) is 12.1 Å². The van der Waals surface area contributed by atoms with E-state index in [1.165, 1.54) is 43.1 Å². The van der Waals surface area contributed by atoms with Crippen molar-refractivity contribution < 1.29 is 45.7 Å². The van der Waals surface area contributed by atoms with Crippen molar-refractivity contribution in [3.05, 3.63) is 77.4 Å². The van der Waals surface area contributed by atoms with Gasteiger partial charge < -0.3 is 29.2 Å². The maximum absolute atomic E-state index is 15.4. The van der Waals surface area contributed by atoms with Gasteiger partial charge in [-0.3, -0.25) is 10.2 Å². The van der Waals surface area contributed by atoms with Crippen LogP contribution in [0.25, 0.3) is 39.4 Å². The second-order valence-corrected chi connectivity index (χ2v) is 12.4. The summed E-state index contributed by atoms with van der Waals surface area (Å²) < 4.78 is 88.7. The van der Waals surface area contributed by atoms with Crippen molar-refractivity contribution in [2.75, 3.05) is 26.4 Å². The summed E-state index contributed by atoms with van der Waals surface area (Å²) >= 11 is 1.24. The Bertz CT molecular complexity index is 2030. The quantitative estimate of drug-likeness (QED) is 0.0878. The topological polar surface area (TPSA) is 121 Å². The maximum Gasteiger partial charge on any atom is 0.586 e. The second kappa shape index (κ2) is 13.4. The summed E-state index contributed by atoms with van der Waals surface area (Å²) in [6, 6.07) is 11.8. The Balaban J connectivity index is 1.52. The van der Waals surface area contributed by atoms with Crippen molar-refractivity contribution in [1.82, 2.24) is 15.2 Å². The van der Waals surface area contributed by atoms with E-state index in [0.717, 1.165) is 11.0 Å². The third-order valence-corrected chi connectivity index (χ3v) is 9.19. The highest BCUT2D eigenvalue weighted by atomic mass is 32.2. The summed E-state index contributed by atoms with van der Waals surface area (Å²) in [5.74, 6) is -6.38. The molecule has 0 radical (unpaired) electrons. The maximum atomic E-state index is 15.4. The number of amides is 1. The van der Waals surface area contributed by atoms with E-state index in [-0.39, 0.29) is 64.3 Å². The normalized spacial score (nSPS) is 15.5. The van der Waals surface area contributed by atoms with Crippen LogP contribution in [0.1, 0.15) is 29.9 Å². The number of hydrogen-bond donors (Lipinski definition) is 3. The van der Waals surface area contributed by atoms with Gasteiger partial charge in [0.2, 0.25) is 0 Å². The van der Waals surface area contributed by atoms with Crippen LogP contribution in [0.2, 0.25) is 0 Å². The average molecular weight is 715 g/mol. The van der Waals surface area contributed by atoms with Gasteiger partial charge in [0, 0.05) is 59.9 Å². The summed E-state index contributed by atoms with van der Waals surface area (Å²) in [7, 11) is 1.45. The first kappa shape index (κ1) is 35.0. The van der Waals surface area contributed by atoms with Crippen LogP contribution in [-0.2, 0) is 11.4 Å². The Morgan fingerprint density at radius 3 is 2.46 bits per heavy atom. The van der Waals surface area contributed by atoms with Crippen molar-refractivity contribution >= 4 is 29.1 Å². The molecule has 0 unspecified atom stereocenters. The largest absolute Gasteiger partial charge is 0.586 e. The molecule has 50 heavy (non-hydrogen) atoms. The molecule has 2 aliphatic heterocycles. The molecule has 6 rings (SSSR count). The molecule has 1 aromatic heterocycles. The molecule has 0 bridgehead atoms. The number of likely N-dealkylation sites (tertiary alicyclic amines) is 1. The summed E-state index contributed by atoms with van der Waals surface area (Å²) in [5.41, 5.74) is 0.749. The van der Waals surface area contributed by atoms with Gasteiger partial charge in [0.05, 0.1) is 6.61 Å². The predicted octanol–water partition coefficient (Wildman–Crippen LogP) is 7.50. The van der Waals surface area contributed by atoms with Crippen LogP contribution in [0.4, 0.5) is 22.0 Å². The number of alkyl halides is 4. The highest BCUT2D eigenvalue weighted by Crippen LogP contribution is 2.45.